The van der Waals surface area contributed by atoms with Crippen molar-refractivity contribution in [1.82, 2.24) is 0 Å². The quantitative estimate of drug-likeness (QED) is 0.451. The average Bonchev–Trinajstić information content (AvgIpc) is 2.75. The molecule has 0 bridgehead atoms. The fourth-order valence-corrected chi connectivity index (χ4v) is 2.61. The van der Waals surface area contributed by atoms with Gasteiger partial charge in [-0.1, -0.05) is 24.3 Å². The van der Waals surface area contributed by atoms with Crippen LogP contribution in [0.25, 0.3) is 0 Å². The van der Waals surface area contributed by atoms with E-state index in [1.165, 1.54) is 24.3 Å². The molecule has 1 atom stereocenters. The Balaban J connectivity index is 1.61. The van der Waals surface area contributed by atoms with Crippen LogP contribution in [0, 0.1) is 10.1 Å². The van der Waals surface area contributed by atoms with Crippen molar-refractivity contribution < 1.29 is 19.2 Å². The first-order chi connectivity index (χ1) is 14.4. The van der Waals surface area contributed by atoms with Gasteiger partial charge in [0.1, 0.15) is 5.75 Å². The van der Waals surface area contributed by atoms with Crippen LogP contribution in [0.4, 0.5) is 17.1 Å². The number of non-ortho nitro benzene ring substituents is 1. The van der Waals surface area contributed by atoms with E-state index in [9.17, 15) is 19.7 Å². The topological polar surface area (TPSA) is 111 Å². The van der Waals surface area contributed by atoms with Crippen LogP contribution in [0.1, 0.15) is 17.3 Å². The lowest BCUT2D eigenvalue weighted by Crippen LogP contribution is -2.30. The smallest absolute Gasteiger partial charge is 0.269 e. The number of carbonyl (C=O) groups excluding carboxylic acids is 2. The van der Waals surface area contributed by atoms with Gasteiger partial charge < -0.3 is 15.4 Å². The number of hydrogen-bond acceptors (Lipinski definition) is 5. The molecule has 2 amide bonds. The van der Waals surface area contributed by atoms with Gasteiger partial charge in [0, 0.05) is 29.1 Å². The third kappa shape index (κ3) is 5.41. The lowest BCUT2D eigenvalue weighted by molar-refractivity contribution is -0.384. The maximum absolute atomic E-state index is 12.4. The molecule has 0 saturated heterocycles. The van der Waals surface area contributed by atoms with Gasteiger partial charge in [0.05, 0.1) is 4.92 Å². The molecule has 2 N–H and O–H groups in total. The molecular weight excluding hydrogens is 386 g/mol. The number of carbonyl (C=O) groups is 2. The Morgan fingerprint density at radius 1 is 0.900 bits per heavy atom. The Kier molecular flexibility index (Phi) is 6.39. The summed E-state index contributed by atoms with van der Waals surface area (Å²) in [6.45, 7) is 1.56. The minimum absolute atomic E-state index is 0.0648. The zero-order valence-corrected chi connectivity index (χ0v) is 16.1. The fourth-order valence-electron chi connectivity index (χ4n) is 2.61. The minimum atomic E-state index is -0.853. The molecule has 1 unspecified atom stereocenters. The molecule has 0 aliphatic carbocycles. The molecule has 0 fully saturated rings. The number of nitro benzene ring substituents is 1. The Bertz CT molecular complexity index is 1050. The monoisotopic (exact) mass is 405 g/mol. The van der Waals surface area contributed by atoms with Crippen molar-refractivity contribution in [2.45, 2.75) is 13.0 Å². The highest BCUT2D eigenvalue weighted by molar-refractivity contribution is 6.05. The van der Waals surface area contributed by atoms with Crippen LogP contribution in [-0.2, 0) is 4.79 Å². The molecule has 0 radical (unpaired) electrons. The summed E-state index contributed by atoms with van der Waals surface area (Å²) in [5.74, 6) is -0.388. The molecule has 0 aliphatic heterocycles. The van der Waals surface area contributed by atoms with E-state index in [-0.39, 0.29) is 11.6 Å². The van der Waals surface area contributed by atoms with Crippen LogP contribution in [0.5, 0.6) is 5.75 Å². The van der Waals surface area contributed by atoms with E-state index in [0.717, 1.165) is 0 Å². The van der Waals surface area contributed by atoms with Gasteiger partial charge in [-0.2, -0.15) is 0 Å². The van der Waals surface area contributed by atoms with Crippen LogP contribution >= 0.6 is 0 Å². The number of hydrogen-bond donors (Lipinski definition) is 2. The number of ether oxygens (including phenoxy) is 1. The Morgan fingerprint density at radius 3 is 2.23 bits per heavy atom. The van der Waals surface area contributed by atoms with E-state index in [2.05, 4.69) is 10.6 Å². The Hall–Kier alpha value is -4.20. The number of para-hydroxylation sites is 1. The second kappa shape index (κ2) is 9.33. The molecule has 30 heavy (non-hydrogen) atoms. The molecule has 0 saturated carbocycles. The van der Waals surface area contributed by atoms with Gasteiger partial charge in [-0.25, -0.2) is 0 Å². The molecule has 3 rings (SSSR count). The molecule has 152 valence electrons. The molecular formula is C22H19N3O5. The third-order valence-corrected chi connectivity index (χ3v) is 4.15. The van der Waals surface area contributed by atoms with Gasteiger partial charge in [-0.05, 0) is 49.4 Å². The van der Waals surface area contributed by atoms with Crippen LogP contribution < -0.4 is 15.4 Å². The van der Waals surface area contributed by atoms with Crippen LogP contribution in [0.15, 0.2) is 78.9 Å². The molecule has 0 aliphatic rings. The van der Waals surface area contributed by atoms with Crippen molar-refractivity contribution in [1.29, 1.82) is 0 Å². The molecule has 0 aromatic heterocycles. The van der Waals surface area contributed by atoms with Crippen molar-refractivity contribution >= 4 is 28.9 Å². The number of nitrogens with zero attached hydrogens (tertiary/aromatic N) is 1. The van der Waals surface area contributed by atoms with Gasteiger partial charge in [0.2, 0.25) is 0 Å². The summed E-state index contributed by atoms with van der Waals surface area (Å²) < 4.78 is 5.53. The number of benzene rings is 3. The predicted molar refractivity (Wildman–Crippen MR) is 113 cm³/mol. The van der Waals surface area contributed by atoms with Crippen molar-refractivity contribution in [3.05, 3.63) is 94.5 Å². The summed E-state index contributed by atoms with van der Waals surface area (Å²) in [4.78, 5) is 35.0. The number of rotatable bonds is 7. The van der Waals surface area contributed by atoms with E-state index in [1.807, 2.05) is 18.2 Å². The van der Waals surface area contributed by atoms with E-state index < -0.39 is 16.9 Å². The minimum Gasteiger partial charge on any atom is -0.481 e. The molecule has 0 spiro atoms. The van der Waals surface area contributed by atoms with Crippen molar-refractivity contribution in [2.24, 2.45) is 0 Å². The number of anilines is 2. The Morgan fingerprint density at radius 2 is 1.57 bits per heavy atom. The molecule has 8 heteroatoms. The molecule has 0 heterocycles. The van der Waals surface area contributed by atoms with E-state index >= 15 is 0 Å². The van der Waals surface area contributed by atoms with Crippen molar-refractivity contribution in [3.63, 3.8) is 0 Å². The second-order valence-electron chi connectivity index (χ2n) is 6.40. The average molecular weight is 405 g/mol. The summed E-state index contributed by atoms with van der Waals surface area (Å²) in [7, 11) is 0. The summed E-state index contributed by atoms with van der Waals surface area (Å²) in [5.41, 5.74) is 1.44. The standard InChI is InChI=1S/C22H19N3O5/c1-15(30-20-12-10-19(11-13-20)25(28)29)21(26)24-18-9-5-6-16(14-18)22(27)23-17-7-3-2-4-8-17/h2-15H,1H3,(H,23,27)(H,24,26). The third-order valence-electron chi connectivity index (χ3n) is 4.15. The van der Waals surface area contributed by atoms with Crippen LogP contribution in [-0.4, -0.2) is 22.8 Å². The van der Waals surface area contributed by atoms with E-state index in [0.29, 0.717) is 22.7 Å². The normalized spacial score (nSPS) is 11.2. The van der Waals surface area contributed by atoms with Gasteiger partial charge in [-0.3, -0.25) is 19.7 Å². The number of nitro groups is 1. The zero-order valence-electron chi connectivity index (χ0n) is 16.1. The lowest BCUT2D eigenvalue weighted by Gasteiger charge is -2.15. The van der Waals surface area contributed by atoms with Gasteiger partial charge in [0.25, 0.3) is 17.5 Å². The SMILES string of the molecule is CC(Oc1ccc([N+](=O)[O-])cc1)C(=O)Nc1cccc(C(=O)Nc2ccccc2)c1. The summed E-state index contributed by atoms with van der Waals surface area (Å²) in [6, 6.07) is 21.0. The first kappa shape index (κ1) is 20.5. The molecule has 3 aromatic carbocycles. The number of amides is 2. The second-order valence-corrected chi connectivity index (χ2v) is 6.40. The highest BCUT2D eigenvalue weighted by Crippen LogP contribution is 2.19. The number of nitrogens with one attached hydrogen (secondary N) is 2. The Labute approximate surface area is 172 Å². The van der Waals surface area contributed by atoms with Gasteiger partial charge >= 0.3 is 0 Å². The van der Waals surface area contributed by atoms with Crippen LogP contribution in [0.3, 0.4) is 0 Å². The zero-order chi connectivity index (χ0) is 21.5. The molecule has 8 nitrogen and oxygen atoms in total. The predicted octanol–water partition coefficient (Wildman–Crippen LogP) is 4.25. The maximum atomic E-state index is 12.4. The van der Waals surface area contributed by atoms with Crippen molar-refractivity contribution in [3.8, 4) is 5.75 Å². The van der Waals surface area contributed by atoms with Crippen LogP contribution in [0.2, 0.25) is 0 Å². The summed E-state index contributed by atoms with van der Waals surface area (Å²) >= 11 is 0. The van der Waals surface area contributed by atoms with E-state index in [4.69, 9.17) is 4.74 Å². The van der Waals surface area contributed by atoms with E-state index in [1.54, 1.807) is 43.3 Å². The summed E-state index contributed by atoms with van der Waals surface area (Å²) in [5, 5.41) is 16.2. The first-order valence-electron chi connectivity index (χ1n) is 9.11. The maximum Gasteiger partial charge on any atom is 0.269 e. The highest BCUT2D eigenvalue weighted by Gasteiger charge is 2.16. The highest BCUT2D eigenvalue weighted by atomic mass is 16.6. The van der Waals surface area contributed by atoms with Gasteiger partial charge in [-0.15, -0.1) is 0 Å². The lowest BCUT2D eigenvalue weighted by atomic mass is 10.1. The first-order valence-corrected chi connectivity index (χ1v) is 9.11. The van der Waals surface area contributed by atoms with Crippen molar-refractivity contribution in [2.75, 3.05) is 10.6 Å². The summed E-state index contributed by atoms with van der Waals surface area (Å²) in [6.07, 6.45) is -0.853. The largest absolute Gasteiger partial charge is 0.481 e. The fraction of sp³-hybridized carbons (Fsp3) is 0.0909. The van der Waals surface area contributed by atoms with Gasteiger partial charge in [0.15, 0.2) is 6.10 Å². The molecule has 3 aromatic rings.